The number of nitrogens with one attached hydrogen (secondary N) is 1. The van der Waals surface area contributed by atoms with Crippen LogP contribution in [0.5, 0.6) is 0 Å². The van der Waals surface area contributed by atoms with Gasteiger partial charge >= 0.3 is 5.69 Å². The minimum atomic E-state index is -0.503. The average Bonchev–Trinajstić information content (AvgIpc) is 2.73. The zero-order valence-electron chi connectivity index (χ0n) is 12.2. The fourth-order valence-corrected chi connectivity index (χ4v) is 2.19. The fourth-order valence-electron chi connectivity index (χ4n) is 2.19. The summed E-state index contributed by atoms with van der Waals surface area (Å²) in [7, 11) is 0. The molecule has 0 aliphatic carbocycles. The first-order valence-electron chi connectivity index (χ1n) is 6.60. The Morgan fingerprint density at radius 1 is 1.45 bits per heavy atom. The van der Waals surface area contributed by atoms with Gasteiger partial charge in [-0.2, -0.15) is 5.10 Å². The van der Waals surface area contributed by atoms with Gasteiger partial charge in [-0.1, -0.05) is 12.1 Å². The van der Waals surface area contributed by atoms with Crippen LogP contribution in [0.15, 0.2) is 24.3 Å². The monoisotopic (exact) mass is 304 g/mol. The second kappa shape index (κ2) is 6.35. The highest BCUT2D eigenvalue weighted by Crippen LogP contribution is 2.21. The van der Waals surface area contributed by atoms with Gasteiger partial charge in [-0.05, 0) is 31.5 Å². The van der Waals surface area contributed by atoms with E-state index < -0.39 is 4.92 Å². The Bertz CT molecular complexity index is 724. The maximum absolute atomic E-state index is 12.0. The highest BCUT2D eigenvalue weighted by atomic mass is 16.6. The number of aromatic nitrogens is 2. The molecule has 1 aromatic carbocycles. The van der Waals surface area contributed by atoms with E-state index in [2.05, 4.69) is 10.4 Å². The maximum atomic E-state index is 12.0. The van der Waals surface area contributed by atoms with Crippen molar-refractivity contribution in [2.24, 2.45) is 0 Å². The van der Waals surface area contributed by atoms with Crippen molar-refractivity contribution in [3.63, 3.8) is 0 Å². The molecule has 1 amide bonds. The second-order valence-corrected chi connectivity index (χ2v) is 4.84. The van der Waals surface area contributed by atoms with Crippen LogP contribution in [0.2, 0.25) is 0 Å². The number of aliphatic hydroxyl groups is 1. The SMILES string of the molecule is Cc1nn(CC(=O)Nc2cccc(CO)c2)c(C)c1[N+](=O)[O-]. The van der Waals surface area contributed by atoms with Gasteiger partial charge in [-0.15, -0.1) is 0 Å². The highest BCUT2D eigenvalue weighted by Gasteiger charge is 2.22. The Balaban J connectivity index is 2.12. The summed E-state index contributed by atoms with van der Waals surface area (Å²) in [6.45, 7) is 2.85. The number of benzene rings is 1. The predicted molar refractivity (Wildman–Crippen MR) is 79.3 cm³/mol. The largest absolute Gasteiger partial charge is 0.392 e. The predicted octanol–water partition coefficient (Wildman–Crippen LogP) is 1.54. The van der Waals surface area contributed by atoms with E-state index in [0.717, 1.165) is 0 Å². The third-order valence-electron chi connectivity index (χ3n) is 3.21. The Labute approximate surface area is 126 Å². The van der Waals surface area contributed by atoms with Crippen molar-refractivity contribution in [3.8, 4) is 0 Å². The molecule has 8 nitrogen and oxygen atoms in total. The van der Waals surface area contributed by atoms with Crippen molar-refractivity contribution < 1.29 is 14.8 Å². The number of anilines is 1. The van der Waals surface area contributed by atoms with Crippen LogP contribution in [0.1, 0.15) is 17.0 Å². The molecule has 22 heavy (non-hydrogen) atoms. The Hall–Kier alpha value is -2.74. The molecule has 0 saturated carbocycles. The standard InChI is InChI=1S/C14H16N4O4/c1-9-14(18(21)22)10(2)17(16-9)7-13(20)15-12-5-3-4-11(6-12)8-19/h3-6,19H,7-8H2,1-2H3,(H,15,20). The Morgan fingerprint density at radius 2 is 2.18 bits per heavy atom. The number of nitrogens with zero attached hydrogens (tertiary/aromatic N) is 3. The molecule has 1 aromatic heterocycles. The summed E-state index contributed by atoms with van der Waals surface area (Å²) in [6, 6.07) is 6.80. The molecule has 116 valence electrons. The van der Waals surface area contributed by atoms with Crippen LogP contribution in [-0.2, 0) is 17.9 Å². The summed E-state index contributed by atoms with van der Waals surface area (Å²) in [5.74, 6) is -0.351. The van der Waals surface area contributed by atoms with Crippen molar-refractivity contribution in [2.75, 3.05) is 5.32 Å². The third-order valence-corrected chi connectivity index (χ3v) is 3.21. The zero-order valence-corrected chi connectivity index (χ0v) is 12.2. The van der Waals surface area contributed by atoms with E-state index in [1.807, 2.05) is 0 Å². The molecule has 0 aliphatic rings. The first-order chi connectivity index (χ1) is 10.4. The molecule has 8 heteroatoms. The Morgan fingerprint density at radius 3 is 2.77 bits per heavy atom. The molecular weight excluding hydrogens is 288 g/mol. The summed E-state index contributed by atoms with van der Waals surface area (Å²) in [5, 5.41) is 26.7. The minimum absolute atomic E-state index is 0.0740. The molecule has 2 aromatic rings. The van der Waals surface area contributed by atoms with E-state index in [0.29, 0.717) is 16.9 Å². The minimum Gasteiger partial charge on any atom is -0.392 e. The van der Waals surface area contributed by atoms with Crippen LogP contribution in [0.3, 0.4) is 0 Å². The number of hydrogen-bond acceptors (Lipinski definition) is 5. The van der Waals surface area contributed by atoms with E-state index in [-0.39, 0.29) is 30.4 Å². The van der Waals surface area contributed by atoms with Crippen LogP contribution >= 0.6 is 0 Å². The quantitative estimate of drug-likeness (QED) is 0.643. The normalized spacial score (nSPS) is 10.5. The molecule has 0 fully saturated rings. The van der Waals surface area contributed by atoms with Crippen molar-refractivity contribution in [1.82, 2.24) is 9.78 Å². The molecule has 2 N–H and O–H groups in total. The molecule has 0 aliphatic heterocycles. The van der Waals surface area contributed by atoms with Gasteiger partial charge in [0.2, 0.25) is 5.91 Å². The number of nitro groups is 1. The van der Waals surface area contributed by atoms with E-state index in [9.17, 15) is 14.9 Å². The van der Waals surface area contributed by atoms with Gasteiger partial charge in [0.25, 0.3) is 0 Å². The van der Waals surface area contributed by atoms with Crippen LogP contribution in [0.25, 0.3) is 0 Å². The molecule has 0 saturated heterocycles. The molecule has 0 radical (unpaired) electrons. The van der Waals surface area contributed by atoms with E-state index in [4.69, 9.17) is 5.11 Å². The lowest BCUT2D eigenvalue weighted by Gasteiger charge is -2.07. The molecule has 0 spiro atoms. The van der Waals surface area contributed by atoms with Crippen molar-refractivity contribution in [2.45, 2.75) is 27.0 Å². The molecular formula is C14H16N4O4. The molecule has 0 bridgehead atoms. The van der Waals surface area contributed by atoms with Crippen molar-refractivity contribution in [3.05, 3.63) is 51.3 Å². The molecule has 1 heterocycles. The van der Waals surface area contributed by atoms with E-state index in [1.165, 1.54) is 11.6 Å². The topological polar surface area (TPSA) is 110 Å². The Kier molecular flexibility index (Phi) is 4.52. The van der Waals surface area contributed by atoms with Crippen LogP contribution < -0.4 is 5.32 Å². The van der Waals surface area contributed by atoms with Gasteiger partial charge in [0.05, 0.1) is 11.5 Å². The summed E-state index contributed by atoms with van der Waals surface area (Å²) < 4.78 is 1.30. The van der Waals surface area contributed by atoms with Crippen molar-refractivity contribution in [1.29, 1.82) is 0 Å². The molecule has 0 atom stereocenters. The number of rotatable bonds is 5. The van der Waals surface area contributed by atoms with E-state index >= 15 is 0 Å². The van der Waals surface area contributed by atoms with Gasteiger partial charge in [0, 0.05) is 5.69 Å². The second-order valence-electron chi connectivity index (χ2n) is 4.84. The number of carbonyl (C=O) groups excluding carboxylic acids is 1. The van der Waals surface area contributed by atoms with Gasteiger partial charge in [0.15, 0.2) is 0 Å². The number of hydrogen-bond donors (Lipinski definition) is 2. The zero-order chi connectivity index (χ0) is 16.3. The maximum Gasteiger partial charge on any atom is 0.312 e. The lowest BCUT2D eigenvalue weighted by Crippen LogP contribution is -2.20. The smallest absolute Gasteiger partial charge is 0.312 e. The van der Waals surface area contributed by atoms with Crippen LogP contribution in [0, 0.1) is 24.0 Å². The van der Waals surface area contributed by atoms with E-state index in [1.54, 1.807) is 31.2 Å². The number of aliphatic hydroxyl groups excluding tert-OH is 1. The molecule has 2 rings (SSSR count). The van der Waals surface area contributed by atoms with Crippen LogP contribution in [-0.4, -0.2) is 25.7 Å². The highest BCUT2D eigenvalue weighted by molar-refractivity contribution is 5.90. The summed E-state index contributed by atoms with van der Waals surface area (Å²) in [6.07, 6.45) is 0. The summed E-state index contributed by atoms with van der Waals surface area (Å²) in [5.41, 5.74) is 1.77. The average molecular weight is 304 g/mol. The van der Waals surface area contributed by atoms with Gasteiger partial charge < -0.3 is 10.4 Å². The first-order valence-corrected chi connectivity index (χ1v) is 6.60. The number of amides is 1. The molecule has 0 unspecified atom stereocenters. The van der Waals surface area contributed by atoms with Gasteiger partial charge in [-0.3, -0.25) is 19.6 Å². The number of aryl methyl sites for hydroxylation is 1. The van der Waals surface area contributed by atoms with Crippen LogP contribution in [0.4, 0.5) is 11.4 Å². The van der Waals surface area contributed by atoms with Crippen molar-refractivity contribution >= 4 is 17.3 Å². The summed E-state index contributed by atoms with van der Waals surface area (Å²) >= 11 is 0. The third kappa shape index (κ3) is 3.29. The van der Waals surface area contributed by atoms with Gasteiger partial charge in [-0.25, -0.2) is 0 Å². The number of carbonyl (C=O) groups is 1. The van der Waals surface area contributed by atoms with Gasteiger partial charge in [0.1, 0.15) is 17.9 Å². The first kappa shape index (κ1) is 15.6. The fraction of sp³-hybridized carbons (Fsp3) is 0.286. The lowest BCUT2D eigenvalue weighted by molar-refractivity contribution is -0.386. The summed E-state index contributed by atoms with van der Waals surface area (Å²) in [4.78, 5) is 22.4. The lowest BCUT2D eigenvalue weighted by atomic mass is 10.2.